The fourth-order valence-corrected chi connectivity index (χ4v) is 6.32. The van der Waals surface area contributed by atoms with Gasteiger partial charge in [-0.15, -0.1) is 0 Å². The van der Waals surface area contributed by atoms with Crippen LogP contribution in [0, 0.1) is 11.7 Å². The lowest BCUT2D eigenvalue weighted by Crippen LogP contribution is -2.55. The number of amides is 3. The number of hydrogen-bond acceptors (Lipinski definition) is 4. The van der Waals surface area contributed by atoms with Crippen LogP contribution in [0.5, 0.6) is 0 Å². The number of carbonyl (C=O) groups excluding carboxylic acids is 3. The summed E-state index contributed by atoms with van der Waals surface area (Å²) >= 11 is 0. The van der Waals surface area contributed by atoms with Gasteiger partial charge in [0, 0.05) is 47.0 Å². The summed E-state index contributed by atoms with van der Waals surface area (Å²) in [6.07, 6.45) is 1.01. The second kappa shape index (κ2) is 10.9. The number of carbonyl (C=O) groups is 3. The number of halogens is 4. The number of nitrogens with zero attached hydrogens (tertiary/aromatic N) is 2. The summed E-state index contributed by atoms with van der Waals surface area (Å²) in [5.41, 5.74) is 1.70. The van der Waals surface area contributed by atoms with Crippen LogP contribution >= 0.6 is 0 Å². The van der Waals surface area contributed by atoms with Gasteiger partial charge in [0.25, 0.3) is 0 Å². The van der Waals surface area contributed by atoms with E-state index in [2.05, 4.69) is 15.6 Å². The largest absolute Gasteiger partial charge is 0.471 e. The Kier molecular flexibility index (Phi) is 7.64. The predicted octanol–water partition coefficient (Wildman–Crippen LogP) is 3.70. The zero-order valence-corrected chi connectivity index (χ0v) is 22.4. The quantitative estimate of drug-likeness (QED) is 0.467. The summed E-state index contributed by atoms with van der Waals surface area (Å²) in [4.78, 5) is 44.8. The first-order chi connectivity index (χ1) is 19.0. The second-order valence-corrected chi connectivity index (χ2v) is 10.9. The third kappa shape index (κ3) is 5.09. The normalized spacial score (nSPS) is 21.6. The minimum absolute atomic E-state index is 0.109. The third-order valence-electron chi connectivity index (χ3n) is 8.50. The lowest BCUT2D eigenvalue weighted by molar-refractivity contribution is -0.185. The lowest BCUT2D eigenvalue weighted by atomic mass is 9.83. The Morgan fingerprint density at radius 3 is 2.50 bits per heavy atom. The number of aromatic amines is 1. The maximum Gasteiger partial charge on any atom is 0.471 e. The van der Waals surface area contributed by atoms with Crippen molar-refractivity contribution >= 4 is 34.2 Å². The van der Waals surface area contributed by atoms with Crippen LogP contribution in [0.4, 0.5) is 17.6 Å². The van der Waals surface area contributed by atoms with Gasteiger partial charge in [-0.3, -0.25) is 14.4 Å². The van der Waals surface area contributed by atoms with Crippen molar-refractivity contribution in [3.8, 4) is 0 Å². The molecule has 12 heteroatoms. The Morgan fingerprint density at radius 1 is 1.10 bits per heavy atom. The van der Waals surface area contributed by atoms with Crippen molar-refractivity contribution in [1.29, 1.82) is 0 Å². The van der Waals surface area contributed by atoms with Crippen LogP contribution < -0.4 is 10.6 Å². The van der Waals surface area contributed by atoms with Crippen LogP contribution in [0.3, 0.4) is 0 Å². The Hall–Kier alpha value is -3.41. The van der Waals surface area contributed by atoms with Crippen molar-refractivity contribution in [2.75, 3.05) is 20.1 Å². The van der Waals surface area contributed by atoms with Crippen LogP contribution in [0.25, 0.3) is 16.5 Å². The molecule has 1 aliphatic carbocycles. The van der Waals surface area contributed by atoms with E-state index in [4.69, 9.17) is 0 Å². The first kappa shape index (κ1) is 28.1. The molecule has 3 amide bonds. The van der Waals surface area contributed by atoms with Gasteiger partial charge in [0.05, 0.1) is 12.1 Å². The monoisotopic (exact) mass is 563 g/mol. The number of H-pyrrole nitrogens is 1. The molecule has 3 aliphatic rings. The number of hydrogen-bond donors (Lipinski definition) is 3. The summed E-state index contributed by atoms with van der Waals surface area (Å²) in [6, 6.07) is 1.73. The molecule has 3 heterocycles. The van der Waals surface area contributed by atoms with E-state index in [-0.39, 0.29) is 37.2 Å². The topological polar surface area (TPSA) is 97.5 Å². The summed E-state index contributed by atoms with van der Waals surface area (Å²) < 4.78 is 54.7. The van der Waals surface area contributed by atoms with E-state index in [1.54, 1.807) is 20.2 Å². The molecule has 1 aromatic heterocycles. The Bertz CT molecular complexity index is 1350. The van der Waals surface area contributed by atoms with Gasteiger partial charge in [-0.05, 0) is 57.4 Å². The number of aromatic nitrogens is 1. The van der Waals surface area contributed by atoms with E-state index >= 15 is 0 Å². The zero-order valence-electron chi connectivity index (χ0n) is 22.4. The highest BCUT2D eigenvalue weighted by atomic mass is 19.4. The number of likely N-dealkylation sites (tertiary alicyclic amines) is 1. The number of nitrogens with one attached hydrogen (secondary N) is 3. The predicted molar refractivity (Wildman–Crippen MR) is 140 cm³/mol. The molecule has 5 rings (SSSR count). The summed E-state index contributed by atoms with van der Waals surface area (Å²) in [5, 5.41) is 6.36. The molecule has 2 aliphatic heterocycles. The highest BCUT2D eigenvalue weighted by Gasteiger charge is 2.52. The maximum atomic E-state index is 14.2. The molecule has 40 heavy (non-hydrogen) atoms. The van der Waals surface area contributed by atoms with Gasteiger partial charge in [-0.1, -0.05) is 19.3 Å². The van der Waals surface area contributed by atoms with Gasteiger partial charge >= 0.3 is 12.1 Å². The van der Waals surface area contributed by atoms with Gasteiger partial charge < -0.3 is 25.4 Å². The zero-order chi connectivity index (χ0) is 28.8. The van der Waals surface area contributed by atoms with Gasteiger partial charge in [0.1, 0.15) is 11.9 Å². The van der Waals surface area contributed by atoms with Gasteiger partial charge in [0.2, 0.25) is 11.8 Å². The first-order valence-electron chi connectivity index (χ1n) is 13.7. The average molecular weight is 564 g/mol. The molecular formula is C28H33F4N5O3. The smallest absolute Gasteiger partial charge is 0.360 e. The van der Waals surface area contributed by atoms with Crippen LogP contribution in [0.15, 0.2) is 30.1 Å². The molecular weight excluding hydrogens is 530 g/mol. The van der Waals surface area contributed by atoms with Gasteiger partial charge in [-0.25, -0.2) is 4.39 Å². The average Bonchev–Trinajstić information content (AvgIpc) is 3.64. The fourth-order valence-electron chi connectivity index (χ4n) is 6.32. The molecule has 1 aromatic carbocycles. The van der Waals surface area contributed by atoms with Gasteiger partial charge in [0.15, 0.2) is 0 Å². The van der Waals surface area contributed by atoms with Crippen molar-refractivity contribution in [2.24, 2.45) is 5.92 Å². The molecule has 3 unspecified atom stereocenters. The van der Waals surface area contributed by atoms with Crippen LogP contribution in [0.2, 0.25) is 0 Å². The summed E-state index contributed by atoms with van der Waals surface area (Å²) in [6.45, 7) is 1.45. The van der Waals surface area contributed by atoms with Crippen LogP contribution in [-0.2, 0) is 14.4 Å². The lowest BCUT2D eigenvalue weighted by Gasteiger charge is -2.34. The van der Waals surface area contributed by atoms with Gasteiger partial charge in [-0.2, -0.15) is 13.2 Å². The molecule has 3 N–H and O–H groups in total. The minimum atomic E-state index is -5.08. The highest BCUT2D eigenvalue weighted by Crippen LogP contribution is 2.44. The standard InChI is InChI=1S/C28H33F4N5O3/c1-15(33-2)25(38)35-23(16-6-4-3-5-7-16)26(39)36-11-10-22-24(36)20(14-37(22)27(40)28(30,31)32)19-13-34-21-12-17(29)8-9-18(19)21/h8-9,12-13,15-16,22-23,33-34H,3-7,10-11,14H2,1-2H3,(H,35,38). The number of rotatable bonds is 6. The Morgan fingerprint density at radius 2 is 1.82 bits per heavy atom. The Labute approximate surface area is 229 Å². The molecule has 2 fully saturated rings. The van der Waals surface area contributed by atoms with E-state index in [0.717, 1.165) is 37.0 Å². The Balaban J connectivity index is 1.56. The van der Waals surface area contributed by atoms with Crippen LogP contribution in [-0.4, -0.2) is 76.9 Å². The fraction of sp³-hybridized carbons (Fsp3) is 0.536. The van der Waals surface area contributed by atoms with E-state index in [1.165, 1.54) is 23.1 Å². The molecule has 8 nitrogen and oxygen atoms in total. The first-order valence-corrected chi connectivity index (χ1v) is 13.7. The van der Waals surface area contributed by atoms with E-state index in [9.17, 15) is 31.9 Å². The van der Waals surface area contributed by atoms with Crippen molar-refractivity contribution in [3.63, 3.8) is 0 Å². The maximum absolute atomic E-state index is 14.2. The molecule has 1 saturated heterocycles. The van der Waals surface area contributed by atoms with E-state index in [1.807, 2.05) is 0 Å². The van der Waals surface area contributed by atoms with Crippen molar-refractivity contribution < 1.29 is 31.9 Å². The molecule has 3 atom stereocenters. The minimum Gasteiger partial charge on any atom is -0.360 e. The molecule has 216 valence electrons. The number of benzene rings is 1. The second-order valence-electron chi connectivity index (χ2n) is 10.9. The SMILES string of the molecule is CNC(C)C(=O)NC(C(=O)N1CCC2C1=C(c1c[nH]c3cc(F)ccc13)CN2C(=O)C(F)(F)F)C1CCCCC1. The van der Waals surface area contributed by atoms with Crippen molar-refractivity contribution in [2.45, 2.75) is 69.8 Å². The molecule has 0 bridgehead atoms. The highest BCUT2D eigenvalue weighted by molar-refractivity contribution is 5.99. The number of fused-ring (bicyclic) bond motifs is 2. The summed E-state index contributed by atoms with van der Waals surface area (Å²) in [5.74, 6) is -3.27. The summed E-state index contributed by atoms with van der Waals surface area (Å²) in [7, 11) is 1.64. The number of alkyl halides is 3. The molecule has 0 spiro atoms. The molecule has 0 radical (unpaired) electrons. The van der Waals surface area contributed by atoms with Crippen LogP contribution in [0.1, 0.15) is 51.0 Å². The van der Waals surface area contributed by atoms with Crippen molar-refractivity contribution in [3.05, 3.63) is 41.5 Å². The number of likely N-dealkylation sites (N-methyl/N-ethyl adjacent to an activating group) is 1. The van der Waals surface area contributed by atoms with Crippen molar-refractivity contribution in [1.82, 2.24) is 25.4 Å². The molecule has 1 saturated carbocycles. The molecule has 2 aromatic rings. The van der Waals surface area contributed by atoms with E-state index in [0.29, 0.717) is 27.7 Å². The van der Waals surface area contributed by atoms with E-state index < -0.39 is 36.0 Å². The third-order valence-corrected chi connectivity index (χ3v) is 8.50.